The Bertz CT molecular complexity index is 625. The molecule has 0 bridgehead atoms. The smallest absolute Gasteiger partial charge is 0.315 e. The molecule has 2 unspecified atom stereocenters. The Morgan fingerprint density at radius 3 is 1.79 bits per heavy atom. The molecule has 0 aliphatic rings. The number of hydrogen-bond acceptors (Lipinski definition) is 7. The van der Waals surface area contributed by atoms with Gasteiger partial charge in [-0.2, -0.15) is 0 Å². The monoisotopic (exact) mass is 399 g/mol. The minimum absolute atomic E-state index is 0.0504. The van der Waals surface area contributed by atoms with E-state index >= 15 is 0 Å². The van der Waals surface area contributed by atoms with E-state index in [1.54, 1.807) is 55.4 Å². The van der Waals surface area contributed by atoms with Crippen LogP contribution in [0.1, 0.15) is 68.2 Å². The van der Waals surface area contributed by atoms with E-state index in [4.69, 9.17) is 19.7 Å². The molecule has 0 aromatic carbocycles. The van der Waals surface area contributed by atoms with Gasteiger partial charge >= 0.3 is 17.9 Å². The maximum Gasteiger partial charge on any atom is 0.315 e. The second-order valence-electron chi connectivity index (χ2n) is 9.30. The lowest BCUT2D eigenvalue weighted by Crippen LogP contribution is -2.38. The molecule has 0 N–H and O–H groups in total. The average Bonchev–Trinajstić information content (AvgIpc) is 2.49. The van der Waals surface area contributed by atoms with Crippen LogP contribution in [-0.2, 0) is 28.6 Å². The molecule has 0 aromatic rings. The van der Waals surface area contributed by atoms with Crippen molar-refractivity contribution in [1.29, 1.82) is 0 Å². The summed E-state index contributed by atoms with van der Waals surface area (Å²) >= 11 is 0. The van der Waals surface area contributed by atoms with Crippen molar-refractivity contribution < 1.29 is 28.6 Å². The van der Waals surface area contributed by atoms with Crippen LogP contribution in [0.15, 0.2) is 5.11 Å². The molecule has 28 heavy (non-hydrogen) atoms. The maximum absolute atomic E-state index is 12.7. The highest BCUT2D eigenvalue weighted by Crippen LogP contribution is 2.32. The molecule has 0 rings (SSSR count). The lowest BCUT2D eigenvalue weighted by Gasteiger charge is -2.30. The molecule has 0 amide bonds. The lowest BCUT2D eigenvalue weighted by atomic mass is 9.80. The molecule has 0 aliphatic carbocycles. The molecule has 9 heteroatoms. The van der Waals surface area contributed by atoms with Crippen LogP contribution in [-0.4, -0.2) is 42.3 Å². The lowest BCUT2D eigenvalue weighted by molar-refractivity contribution is -0.164. The molecule has 0 saturated heterocycles. The van der Waals surface area contributed by atoms with Gasteiger partial charge in [-0.3, -0.25) is 14.4 Å². The van der Waals surface area contributed by atoms with Crippen LogP contribution in [0, 0.1) is 11.3 Å². The second-order valence-corrected chi connectivity index (χ2v) is 9.30. The van der Waals surface area contributed by atoms with E-state index < -0.39 is 46.5 Å². The average molecular weight is 399 g/mol. The standard InChI is InChI=1S/C19H33N3O6/c1-17(2,3)27-14(23)12(11-19(7,8)16(25)26-9)10-13(21-22-20)15(24)28-18(4,5)6/h12-13H,10-11H2,1-9H3. The summed E-state index contributed by atoms with van der Waals surface area (Å²) in [6.07, 6.45) is -0.0941. The number of methoxy groups -OCH3 is 1. The Morgan fingerprint density at radius 2 is 1.39 bits per heavy atom. The summed E-state index contributed by atoms with van der Waals surface area (Å²) in [7, 11) is 1.26. The molecule has 0 saturated carbocycles. The molecule has 0 spiro atoms. The summed E-state index contributed by atoms with van der Waals surface area (Å²) in [6.45, 7) is 13.5. The van der Waals surface area contributed by atoms with Gasteiger partial charge < -0.3 is 14.2 Å². The van der Waals surface area contributed by atoms with E-state index in [0.29, 0.717) is 0 Å². The SMILES string of the molecule is COC(=O)C(C)(C)CC(CC(N=[N+]=[N-])C(=O)OC(C)(C)C)C(=O)OC(C)(C)C. The van der Waals surface area contributed by atoms with Gasteiger partial charge in [-0.15, -0.1) is 0 Å². The maximum atomic E-state index is 12.7. The van der Waals surface area contributed by atoms with Crippen LogP contribution in [0.2, 0.25) is 0 Å². The molecule has 9 nitrogen and oxygen atoms in total. The van der Waals surface area contributed by atoms with E-state index in [0.717, 1.165) is 0 Å². The van der Waals surface area contributed by atoms with Gasteiger partial charge in [0.1, 0.15) is 17.2 Å². The van der Waals surface area contributed by atoms with Crippen molar-refractivity contribution in [3.8, 4) is 0 Å². The van der Waals surface area contributed by atoms with Gasteiger partial charge in [0, 0.05) is 4.91 Å². The van der Waals surface area contributed by atoms with Gasteiger partial charge in [-0.25, -0.2) is 0 Å². The van der Waals surface area contributed by atoms with Gasteiger partial charge in [-0.05, 0) is 73.8 Å². The third kappa shape index (κ3) is 9.60. The van der Waals surface area contributed by atoms with E-state index in [1.165, 1.54) is 7.11 Å². The Labute approximate surface area is 166 Å². The van der Waals surface area contributed by atoms with E-state index in [-0.39, 0.29) is 12.8 Å². The summed E-state index contributed by atoms with van der Waals surface area (Å²) in [5, 5.41) is 3.50. The fourth-order valence-electron chi connectivity index (χ4n) is 2.52. The number of carbonyl (C=O) groups is 3. The predicted octanol–water partition coefficient (Wildman–Crippen LogP) is 3.94. The Morgan fingerprint density at radius 1 is 0.929 bits per heavy atom. The number of nitrogens with zero attached hydrogens (tertiary/aromatic N) is 3. The fourth-order valence-corrected chi connectivity index (χ4v) is 2.52. The molecular formula is C19H33N3O6. The number of hydrogen-bond donors (Lipinski definition) is 0. The van der Waals surface area contributed by atoms with Crippen molar-refractivity contribution in [1.82, 2.24) is 0 Å². The highest BCUT2D eigenvalue weighted by molar-refractivity contribution is 5.80. The minimum atomic E-state index is -1.23. The topological polar surface area (TPSA) is 128 Å². The van der Waals surface area contributed by atoms with Crippen molar-refractivity contribution >= 4 is 17.9 Å². The van der Waals surface area contributed by atoms with Crippen molar-refractivity contribution in [3.05, 3.63) is 10.4 Å². The first-order valence-electron chi connectivity index (χ1n) is 9.11. The third-order valence-corrected chi connectivity index (χ3v) is 3.61. The molecule has 160 valence electrons. The van der Waals surface area contributed by atoms with Crippen LogP contribution in [0.4, 0.5) is 0 Å². The minimum Gasteiger partial charge on any atom is -0.469 e. The van der Waals surface area contributed by atoms with Crippen molar-refractivity contribution in [3.63, 3.8) is 0 Å². The highest BCUT2D eigenvalue weighted by atomic mass is 16.6. The summed E-state index contributed by atoms with van der Waals surface area (Å²) in [6, 6.07) is -1.23. The van der Waals surface area contributed by atoms with Crippen molar-refractivity contribution in [2.24, 2.45) is 16.4 Å². The first-order chi connectivity index (χ1) is 12.5. The van der Waals surface area contributed by atoms with Crippen LogP contribution in [0.3, 0.4) is 0 Å². The van der Waals surface area contributed by atoms with Gasteiger partial charge in [0.15, 0.2) is 0 Å². The molecule has 0 aliphatic heterocycles. The zero-order valence-electron chi connectivity index (χ0n) is 18.4. The zero-order chi connectivity index (χ0) is 22.3. The van der Waals surface area contributed by atoms with Crippen LogP contribution in [0.25, 0.3) is 10.4 Å². The Hall–Kier alpha value is -2.28. The fraction of sp³-hybridized carbons (Fsp3) is 0.842. The molecule has 2 atom stereocenters. The van der Waals surface area contributed by atoms with Gasteiger partial charge in [0.25, 0.3) is 0 Å². The van der Waals surface area contributed by atoms with Crippen molar-refractivity contribution in [2.45, 2.75) is 85.5 Å². The van der Waals surface area contributed by atoms with E-state index in [1.807, 2.05) is 0 Å². The van der Waals surface area contributed by atoms with E-state index in [9.17, 15) is 14.4 Å². The molecule has 0 fully saturated rings. The Kier molecular flexibility index (Phi) is 8.98. The summed E-state index contributed by atoms with van der Waals surface area (Å²) in [5.41, 5.74) is 6.29. The molecule has 0 aromatic heterocycles. The third-order valence-electron chi connectivity index (χ3n) is 3.61. The highest BCUT2D eigenvalue weighted by Gasteiger charge is 2.39. The number of ether oxygens (including phenoxy) is 3. The van der Waals surface area contributed by atoms with Gasteiger partial charge in [0.05, 0.1) is 18.4 Å². The molecule has 0 radical (unpaired) electrons. The first kappa shape index (κ1) is 25.7. The van der Waals surface area contributed by atoms with Crippen LogP contribution < -0.4 is 0 Å². The summed E-state index contributed by atoms with van der Waals surface area (Å²) in [5.74, 6) is -2.71. The molecule has 0 heterocycles. The predicted molar refractivity (Wildman–Crippen MR) is 103 cm³/mol. The Balaban J connectivity index is 5.74. The van der Waals surface area contributed by atoms with Gasteiger partial charge in [0.2, 0.25) is 0 Å². The first-order valence-corrected chi connectivity index (χ1v) is 9.11. The van der Waals surface area contributed by atoms with Crippen LogP contribution >= 0.6 is 0 Å². The number of rotatable bonds is 8. The van der Waals surface area contributed by atoms with Gasteiger partial charge in [-0.1, -0.05) is 5.11 Å². The van der Waals surface area contributed by atoms with Crippen LogP contribution in [0.5, 0.6) is 0 Å². The number of carbonyl (C=O) groups excluding carboxylic acids is 3. The summed E-state index contributed by atoms with van der Waals surface area (Å²) < 4.78 is 15.5. The normalized spacial score (nSPS) is 14.3. The zero-order valence-corrected chi connectivity index (χ0v) is 18.4. The van der Waals surface area contributed by atoms with E-state index in [2.05, 4.69) is 10.0 Å². The quantitative estimate of drug-likeness (QED) is 0.200. The summed E-state index contributed by atoms with van der Waals surface area (Å²) in [4.78, 5) is 39.9. The second kappa shape index (κ2) is 9.78. The largest absolute Gasteiger partial charge is 0.469 e. The number of azide groups is 1. The number of esters is 3. The molecular weight excluding hydrogens is 366 g/mol. The van der Waals surface area contributed by atoms with Crippen molar-refractivity contribution in [2.75, 3.05) is 7.11 Å².